The van der Waals surface area contributed by atoms with Crippen LogP contribution in [0, 0.1) is 0 Å². The Morgan fingerprint density at radius 2 is 2.08 bits per heavy atom. The molecule has 0 aliphatic heterocycles. The Kier molecular flexibility index (Phi) is 4.69. The average Bonchev–Trinajstić information content (AvgIpc) is 2.19. The predicted molar refractivity (Wildman–Crippen MR) is 54.6 cm³/mol. The number of nitrogens with zero attached hydrogens (tertiary/aromatic N) is 1. The zero-order valence-electron chi connectivity index (χ0n) is 7.94. The lowest BCUT2D eigenvalue weighted by atomic mass is 10.2. The maximum Gasteiger partial charge on any atom is 0.142 e. The van der Waals surface area contributed by atoms with Gasteiger partial charge < -0.3 is 4.84 Å². The molecule has 1 aromatic carbocycles. The third kappa shape index (κ3) is 4.31. The zero-order valence-corrected chi connectivity index (χ0v) is 7.94. The molecule has 0 radical (unpaired) electrons. The average molecular weight is 177 g/mol. The molecule has 2 nitrogen and oxygen atoms in total. The monoisotopic (exact) mass is 177 g/mol. The van der Waals surface area contributed by atoms with Gasteiger partial charge in [-0.3, -0.25) is 0 Å². The van der Waals surface area contributed by atoms with Crippen molar-refractivity contribution >= 4 is 6.21 Å². The molecule has 0 saturated carbocycles. The minimum atomic E-state index is 0.557. The summed E-state index contributed by atoms with van der Waals surface area (Å²) >= 11 is 0. The number of unbranched alkanes of at least 4 members (excludes halogenated alkanes) is 1. The predicted octanol–water partition coefficient (Wildman–Crippen LogP) is 2.99. The van der Waals surface area contributed by atoms with E-state index in [4.69, 9.17) is 4.84 Å². The first-order valence-corrected chi connectivity index (χ1v) is 4.61. The molecule has 2 heteroatoms. The van der Waals surface area contributed by atoms with Gasteiger partial charge >= 0.3 is 0 Å². The first-order chi connectivity index (χ1) is 6.43. The first-order valence-electron chi connectivity index (χ1n) is 4.61. The largest absolute Gasteiger partial charge is 0.391 e. The second-order valence-electron chi connectivity index (χ2n) is 2.84. The summed E-state index contributed by atoms with van der Waals surface area (Å²) in [6.45, 7) is 2.67. The van der Waals surface area contributed by atoms with E-state index in [-0.39, 0.29) is 0 Å². The molecule has 0 unspecified atom stereocenters. The second kappa shape index (κ2) is 6.23. The summed E-state index contributed by atoms with van der Waals surface area (Å²) in [5.74, 6) is 0. The van der Waals surface area contributed by atoms with Crippen molar-refractivity contribution in [1.29, 1.82) is 0 Å². The van der Waals surface area contributed by atoms with Crippen LogP contribution in [0.2, 0.25) is 0 Å². The van der Waals surface area contributed by atoms with Crippen molar-refractivity contribution in [2.45, 2.75) is 26.4 Å². The Balaban J connectivity index is 2.20. The molecule has 0 fully saturated rings. The summed E-state index contributed by atoms with van der Waals surface area (Å²) < 4.78 is 0. The molecule has 1 aromatic rings. The van der Waals surface area contributed by atoms with Crippen LogP contribution < -0.4 is 0 Å². The highest BCUT2D eigenvalue weighted by Crippen LogP contribution is 2.00. The van der Waals surface area contributed by atoms with Crippen LogP contribution in [-0.4, -0.2) is 6.21 Å². The number of hydrogen-bond acceptors (Lipinski definition) is 2. The number of rotatable bonds is 5. The highest BCUT2D eigenvalue weighted by molar-refractivity contribution is 5.55. The van der Waals surface area contributed by atoms with Gasteiger partial charge in [-0.15, -0.1) is 0 Å². The number of hydrogen-bond donors (Lipinski definition) is 0. The zero-order chi connectivity index (χ0) is 9.36. The van der Waals surface area contributed by atoms with Crippen LogP contribution in [0.3, 0.4) is 0 Å². The van der Waals surface area contributed by atoms with E-state index in [1.165, 1.54) is 0 Å². The molecule has 0 aliphatic carbocycles. The van der Waals surface area contributed by atoms with Crippen molar-refractivity contribution in [3.63, 3.8) is 0 Å². The van der Waals surface area contributed by atoms with E-state index in [1.807, 2.05) is 36.5 Å². The van der Waals surface area contributed by atoms with Gasteiger partial charge in [0.1, 0.15) is 6.61 Å². The third-order valence-electron chi connectivity index (χ3n) is 1.64. The van der Waals surface area contributed by atoms with Crippen molar-refractivity contribution in [1.82, 2.24) is 0 Å². The van der Waals surface area contributed by atoms with Crippen LogP contribution in [-0.2, 0) is 11.4 Å². The topological polar surface area (TPSA) is 21.6 Å². The van der Waals surface area contributed by atoms with Crippen molar-refractivity contribution in [3.8, 4) is 0 Å². The lowest BCUT2D eigenvalue weighted by Crippen LogP contribution is -1.86. The molecule has 0 bridgehead atoms. The summed E-state index contributed by atoms with van der Waals surface area (Å²) in [6, 6.07) is 10.0. The normalized spacial score (nSPS) is 10.5. The maximum absolute atomic E-state index is 5.09. The fourth-order valence-electron chi connectivity index (χ4n) is 0.921. The van der Waals surface area contributed by atoms with Crippen LogP contribution in [0.4, 0.5) is 0 Å². The fourth-order valence-corrected chi connectivity index (χ4v) is 0.921. The van der Waals surface area contributed by atoms with Gasteiger partial charge in [0.2, 0.25) is 0 Å². The van der Waals surface area contributed by atoms with Crippen molar-refractivity contribution < 1.29 is 4.84 Å². The standard InChI is InChI=1S/C11H15NO/c1-2-3-9-12-13-10-11-7-5-4-6-8-11/h4-9H,2-3,10H2,1H3/b12-9+. The fraction of sp³-hybridized carbons (Fsp3) is 0.364. The van der Waals surface area contributed by atoms with E-state index in [0.717, 1.165) is 18.4 Å². The lowest BCUT2D eigenvalue weighted by Gasteiger charge is -1.97. The van der Waals surface area contributed by atoms with Gasteiger partial charge in [0.15, 0.2) is 0 Å². The van der Waals surface area contributed by atoms with Gasteiger partial charge in [0, 0.05) is 6.21 Å². The minimum Gasteiger partial charge on any atom is -0.391 e. The summed E-state index contributed by atoms with van der Waals surface area (Å²) in [4.78, 5) is 5.09. The first kappa shape index (κ1) is 9.78. The van der Waals surface area contributed by atoms with Crippen LogP contribution >= 0.6 is 0 Å². The molecular weight excluding hydrogens is 162 g/mol. The SMILES string of the molecule is CCC/C=N/OCc1ccccc1. The smallest absolute Gasteiger partial charge is 0.142 e. The molecule has 0 amide bonds. The van der Waals surface area contributed by atoms with Crippen LogP contribution in [0.1, 0.15) is 25.3 Å². The van der Waals surface area contributed by atoms with E-state index in [1.54, 1.807) is 0 Å². The molecule has 0 atom stereocenters. The molecule has 0 N–H and O–H groups in total. The van der Waals surface area contributed by atoms with E-state index in [0.29, 0.717) is 6.61 Å². The molecule has 0 aromatic heterocycles. The Morgan fingerprint density at radius 3 is 2.77 bits per heavy atom. The highest BCUT2D eigenvalue weighted by atomic mass is 16.6. The van der Waals surface area contributed by atoms with E-state index >= 15 is 0 Å². The van der Waals surface area contributed by atoms with E-state index in [9.17, 15) is 0 Å². The van der Waals surface area contributed by atoms with Crippen molar-refractivity contribution in [3.05, 3.63) is 35.9 Å². The minimum absolute atomic E-state index is 0.557. The summed E-state index contributed by atoms with van der Waals surface area (Å²) in [6.07, 6.45) is 3.90. The van der Waals surface area contributed by atoms with Gasteiger partial charge in [0.25, 0.3) is 0 Å². The van der Waals surface area contributed by atoms with Crippen LogP contribution in [0.15, 0.2) is 35.5 Å². The summed E-state index contributed by atoms with van der Waals surface area (Å²) in [5.41, 5.74) is 1.15. The maximum atomic E-state index is 5.09. The van der Waals surface area contributed by atoms with Crippen LogP contribution in [0.25, 0.3) is 0 Å². The Labute approximate surface area is 79.2 Å². The Hall–Kier alpha value is -1.31. The Morgan fingerprint density at radius 1 is 1.31 bits per heavy atom. The van der Waals surface area contributed by atoms with Gasteiger partial charge in [0.05, 0.1) is 0 Å². The third-order valence-corrected chi connectivity index (χ3v) is 1.64. The number of oxime groups is 1. The lowest BCUT2D eigenvalue weighted by molar-refractivity contribution is 0.131. The summed E-state index contributed by atoms with van der Waals surface area (Å²) in [5, 5.41) is 3.83. The molecule has 0 aliphatic rings. The molecule has 13 heavy (non-hydrogen) atoms. The quantitative estimate of drug-likeness (QED) is 0.500. The summed E-state index contributed by atoms with van der Waals surface area (Å²) in [7, 11) is 0. The van der Waals surface area contributed by atoms with E-state index in [2.05, 4.69) is 12.1 Å². The molecular formula is C11H15NO. The molecule has 0 heterocycles. The number of benzene rings is 1. The molecule has 70 valence electrons. The van der Waals surface area contributed by atoms with Gasteiger partial charge in [-0.05, 0) is 12.0 Å². The molecule has 0 saturated heterocycles. The van der Waals surface area contributed by atoms with Gasteiger partial charge in [-0.25, -0.2) is 0 Å². The Bertz CT molecular complexity index is 244. The van der Waals surface area contributed by atoms with E-state index < -0.39 is 0 Å². The molecule has 0 spiro atoms. The molecule has 1 rings (SSSR count). The second-order valence-corrected chi connectivity index (χ2v) is 2.84. The van der Waals surface area contributed by atoms with Gasteiger partial charge in [-0.1, -0.05) is 48.8 Å². The van der Waals surface area contributed by atoms with Crippen LogP contribution in [0.5, 0.6) is 0 Å². The van der Waals surface area contributed by atoms with Crippen molar-refractivity contribution in [2.24, 2.45) is 5.16 Å². The van der Waals surface area contributed by atoms with Crippen molar-refractivity contribution in [2.75, 3.05) is 0 Å². The highest BCUT2D eigenvalue weighted by Gasteiger charge is 1.88. The van der Waals surface area contributed by atoms with Gasteiger partial charge in [-0.2, -0.15) is 0 Å².